The number of ether oxygens (including phenoxy) is 3. The first-order chi connectivity index (χ1) is 24.8. The minimum atomic E-state index is -1.48. The van der Waals surface area contributed by atoms with Crippen molar-refractivity contribution in [2.24, 2.45) is 22.9 Å². The lowest BCUT2D eigenvalue weighted by atomic mass is 9.55. The van der Waals surface area contributed by atoms with Gasteiger partial charge in [0.1, 0.15) is 28.9 Å². The van der Waals surface area contributed by atoms with E-state index in [1.54, 1.807) is 31.3 Å². The Kier molecular flexibility index (Phi) is 12.3. The summed E-state index contributed by atoms with van der Waals surface area (Å²) in [5.41, 5.74) is 1.54. The number of hydrogen-bond acceptors (Lipinski definition) is 11. The van der Waals surface area contributed by atoms with Gasteiger partial charge in [0.2, 0.25) is 5.79 Å². The Bertz CT molecular complexity index is 1650. The predicted molar refractivity (Wildman–Crippen MR) is 194 cm³/mol. The summed E-state index contributed by atoms with van der Waals surface area (Å²) < 4.78 is 19.5. The molecule has 6 atom stereocenters. The molecule has 13 nitrogen and oxygen atoms in total. The van der Waals surface area contributed by atoms with E-state index in [-0.39, 0.29) is 61.2 Å². The third-order valence-corrected chi connectivity index (χ3v) is 10.1. The molecule has 1 aliphatic heterocycles. The standard InChI is InChI=1S/C39H51N3O10/c1-6-21-49-39-34(41(5)37(46)50-28-16-13-26(14-17-28)42(47)48)24-32(40-52-38(2,3)4)30-22-25(11-7-9-19-43)29(12-8-10-20-44)35(36(30)39)31-23-27(45)15-18-33(31)51-39/h6,13-18,22-23,25,29,34-36,43-45H,1,7-12,19-21,24H2,2-5H3. The van der Waals surface area contributed by atoms with Crippen molar-refractivity contribution in [2.45, 2.75) is 89.1 Å². The van der Waals surface area contributed by atoms with Crippen LogP contribution in [0.25, 0.3) is 0 Å². The molecule has 1 saturated carbocycles. The number of unbranched alkanes of at least 4 members (excludes halogenated alkanes) is 2. The molecule has 2 aromatic carbocycles. The summed E-state index contributed by atoms with van der Waals surface area (Å²) in [4.78, 5) is 32.2. The number of oxime groups is 1. The number of phenols is 1. The van der Waals surface area contributed by atoms with Crippen molar-refractivity contribution in [3.05, 3.63) is 82.4 Å². The van der Waals surface area contributed by atoms with Crippen LogP contribution in [-0.4, -0.2) is 81.2 Å². The lowest BCUT2D eigenvalue weighted by molar-refractivity contribution is -0.384. The van der Waals surface area contributed by atoms with Crippen LogP contribution in [0.1, 0.15) is 77.2 Å². The van der Waals surface area contributed by atoms with Crippen molar-refractivity contribution < 1.29 is 44.1 Å². The molecule has 2 aliphatic carbocycles. The molecule has 2 aromatic rings. The summed E-state index contributed by atoms with van der Waals surface area (Å²) in [6.07, 6.45) is 7.69. The SMILES string of the molecule is C=CCOC12Oc3ccc(O)cc3C3C(CCCCO)C(CCCCO)C=C(C(=NOC(C)(C)C)CC1N(C)C(=O)Oc1ccc([N+](=O)[O-])cc1)C32. The molecule has 3 aliphatic rings. The van der Waals surface area contributed by atoms with E-state index in [4.69, 9.17) is 24.2 Å². The Hall–Kier alpha value is -4.46. The first-order valence-electron chi connectivity index (χ1n) is 18.0. The maximum atomic E-state index is 14.0. The molecule has 0 saturated heterocycles. The fraction of sp³-hybridized carbons (Fsp3) is 0.538. The van der Waals surface area contributed by atoms with Gasteiger partial charge in [0, 0.05) is 50.3 Å². The highest BCUT2D eigenvalue weighted by molar-refractivity contribution is 6.03. The number of carbonyl (C=O) groups excluding carboxylic acids is 1. The number of aromatic hydroxyl groups is 1. The average molecular weight is 722 g/mol. The Morgan fingerprint density at radius 3 is 2.44 bits per heavy atom. The molecule has 1 fully saturated rings. The van der Waals surface area contributed by atoms with Crippen LogP contribution in [0.5, 0.6) is 17.2 Å². The lowest BCUT2D eigenvalue weighted by Gasteiger charge is -2.59. The third-order valence-electron chi connectivity index (χ3n) is 10.1. The molecular formula is C39H51N3O10. The molecular weight excluding hydrogens is 670 g/mol. The molecule has 52 heavy (non-hydrogen) atoms. The number of allylic oxidation sites excluding steroid dienone is 1. The molecule has 6 unspecified atom stereocenters. The summed E-state index contributed by atoms with van der Waals surface area (Å²) in [5.74, 6) is -1.51. The van der Waals surface area contributed by atoms with Crippen molar-refractivity contribution in [1.29, 1.82) is 0 Å². The number of benzene rings is 2. The van der Waals surface area contributed by atoms with Crippen LogP contribution in [0.15, 0.2) is 71.9 Å². The van der Waals surface area contributed by atoms with E-state index >= 15 is 0 Å². The molecule has 1 heterocycles. The number of hydrogen-bond donors (Lipinski definition) is 3. The number of nitrogens with zero attached hydrogens (tertiary/aromatic N) is 3. The highest BCUT2D eigenvalue weighted by atomic mass is 16.7. The highest BCUT2D eigenvalue weighted by Gasteiger charge is 2.65. The van der Waals surface area contributed by atoms with Crippen LogP contribution in [0, 0.1) is 27.9 Å². The molecule has 282 valence electrons. The van der Waals surface area contributed by atoms with Crippen molar-refractivity contribution >= 4 is 17.5 Å². The van der Waals surface area contributed by atoms with Crippen LogP contribution in [0.3, 0.4) is 0 Å². The van der Waals surface area contributed by atoms with Crippen LogP contribution >= 0.6 is 0 Å². The smallest absolute Gasteiger partial charge is 0.415 e. The maximum absolute atomic E-state index is 14.0. The molecule has 1 amide bonds. The molecule has 5 rings (SSSR count). The van der Waals surface area contributed by atoms with Crippen molar-refractivity contribution in [3.63, 3.8) is 0 Å². The number of carbonyl (C=O) groups is 1. The predicted octanol–water partition coefficient (Wildman–Crippen LogP) is 6.86. The third kappa shape index (κ3) is 8.27. The largest absolute Gasteiger partial charge is 0.508 e. The molecule has 0 spiro atoms. The summed E-state index contributed by atoms with van der Waals surface area (Å²) in [7, 11) is 1.60. The number of non-ortho nitro benzene ring substituents is 1. The first kappa shape index (κ1) is 38.8. The van der Waals surface area contributed by atoms with E-state index in [9.17, 15) is 30.2 Å². The van der Waals surface area contributed by atoms with Gasteiger partial charge >= 0.3 is 6.09 Å². The number of likely N-dealkylation sites (N-methyl/N-ethyl adjacent to an activating group) is 1. The highest BCUT2D eigenvalue weighted by Crippen LogP contribution is 2.61. The van der Waals surface area contributed by atoms with Gasteiger partial charge in [-0.25, -0.2) is 4.79 Å². The summed E-state index contributed by atoms with van der Waals surface area (Å²) in [6.45, 7) is 9.85. The first-order valence-corrected chi connectivity index (χ1v) is 18.0. The minimum absolute atomic E-state index is 0.0102. The zero-order chi connectivity index (χ0) is 37.6. The van der Waals surface area contributed by atoms with Crippen molar-refractivity contribution in [3.8, 4) is 17.2 Å². The van der Waals surface area contributed by atoms with Gasteiger partial charge in [-0.2, -0.15) is 0 Å². The topological polar surface area (TPSA) is 173 Å². The van der Waals surface area contributed by atoms with Crippen LogP contribution in [0.2, 0.25) is 0 Å². The van der Waals surface area contributed by atoms with Gasteiger partial charge in [0.25, 0.3) is 5.69 Å². The Balaban J connectivity index is 1.70. The molecule has 3 N–H and O–H groups in total. The second kappa shape index (κ2) is 16.5. The molecule has 13 heteroatoms. The van der Waals surface area contributed by atoms with Crippen molar-refractivity contribution in [2.75, 3.05) is 26.9 Å². The van der Waals surface area contributed by atoms with E-state index < -0.39 is 34.4 Å². The molecule has 0 aromatic heterocycles. The summed E-state index contributed by atoms with van der Waals surface area (Å²) >= 11 is 0. The fourth-order valence-corrected chi connectivity index (χ4v) is 7.87. The van der Waals surface area contributed by atoms with E-state index in [1.807, 2.05) is 20.8 Å². The van der Waals surface area contributed by atoms with E-state index in [0.717, 1.165) is 36.8 Å². The number of rotatable bonds is 15. The monoisotopic (exact) mass is 721 g/mol. The number of nitro benzene ring substituents is 1. The average Bonchev–Trinajstić information content (AvgIpc) is 3.11. The van der Waals surface area contributed by atoms with E-state index in [1.165, 1.54) is 29.2 Å². The Morgan fingerprint density at radius 2 is 1.81 bits per heavy atom. The number of fused-ring (bicyclic) bond motifs is 2. The van der Waals surface area contributed by atoms with E-state index in [2.05, 4.69) is 12.7 Å². The number of aliphatic hydroxyl groups excluding tert-OH is 2. The van der Waals surface area contributed by atoms with Gasteiger partial charge in [0.05, 0.1) is 23.2 Å². The van der Waals surface area contributed by atoms with Gasteiger partial charge in [-0.15, -0.1) is 6.58 Å². The second-order valence-electron chi connectivity index (χ2n) is 14.7. The normalized spacial score (nSPS) is 25.6. The summed E-state index contributed by atoms with van der Waals surface area (Å²) in [6, 6.07) is 9.46. The van der Waals surface area contributed by atoms with Gasteiger partial charge < -0.3 is 39.3 Å². The number of nitro groups is 1. The quantitative estimate of drug-likeness (QED) is 0.0763. The van der Waals surface area contributed by atoms with Gasteiger partial charge in [-0.05, 0) is 94.2 Å². The summed E-state index contributed by atoms with van der Waals surface area (Å²) in [5, 5.41) is 46.2. The fourth-order valence-electron chi connectivity index (χ4n) is 7.87. The Morgan fingerprint density at radius 1 is 1.12 bits per heavy atom. The minimum Gasteiger partial charge on any atom is -0.508 e. The van der Waals surface area contributed by atoms with Gasteiger partial charge in [-0.3, -0.25) is 10.1 Å². The van der Waals surface area contributed by atoms with Crippen molar-refractivity contribution in [1.82, 2.24) is 4.90 Å². The zero-order valence-electron chi connectivity index (χ0n) is 30.4. The van der Waals surface area contributed by atoms with Crippen LogP contribution < -0.4 is 9.47 Å². The zero-order valence-corrected chi connectivity index (χ0v) is 30.4. The van der Waals surface area contributed by atoms with Crippen LogP contribution in [-0.2, 0) is 9.57 Å². The number of amides is 1. The maximum Gasteiger partial charge on any atom is 0.415 e. The second-order valence-corrected chi connectivity index (χ2v) is 14.7. The van der Waals surface area contributed by atoms with Gasteiger partial charge in [0.15, 0.2) is 0 Å². The Labute approximate surface area is 304 Å². The molecule has 0 radical (unpaired) electrons. The molecule has 0 bridgehead atoms. The number of phenolic OH excluding ortho intramolecular Hbond substituents is 1. The number of aliphatic hydroxyl groups is 2. The van der Waals surface area contributed by atoms with E-state index in [0.29, 0.717) is 24.3 Å². The van der Waals surface area contributed by atoms with Gasteiger partial charge in [-0.1, -0.05) is 30.1 Å². The lowest BCUT2D eigenvalue weighted by Crippen LogP contribution is -2.69. The van der Waals surface area contributed by atoms with Crippen LogP contribution in [0.4, 0.5) is 10.5 Å².